The van der Waals surface area contributed by atoms with Gasteiger partial charge < -0.3 is 14.5 Å². The number of piperazine rings is 1. The molecule has 1 fully saturated rings. The number of nitrogens with zero attached hydrogens (tertiary/aromatic N) is 4. The minimum Gasteiger partial charge on any atom is -0.497 e. The summed E-state index contributed by atoms with van der Waals surface area (Å²) in [4.78, 5) is 16.6. The van der Waals surface area contributed by atoms with E-state index in [1.165, 1.54) is 4.68 Å². The Morgan fingerprint density at radius 1 is 1.24 bits per heavy atom. The summed E-state index contributed by atoms with van der Waals surface area (Å²) in [6.07, 6.45) is 0. The predicted molar refractivity (Wildman–Crippen MR) is 108 cm³/mol. The summed E-state index contributed by atoms with van der Waals surface area (Å²) < 4.78 is 33.8. The smallest absolute Gasteiger partial charge is 0.290 e. The fourth-order valence-corrected chi connectivity index (χ4v) is 3.74. The van der Waals surface area contributed by atoms with Crippen LogP contribution < -0.4 is 9.64 Å². The molecule has 1 aromatic heterocycles. The fourth-order valence-electron chi connectivity index (χ4n) is 3.44. The Kier molecular flexibility index (Phi) is 6.03. The van der Waals surface area contributed by atoms with E-state index in [0.717, 1.165) is 23.9 Å². The number of halogens is 3. The molecule has 0 spiro atoms. The number of aromatic nitrogens is 2. The summed E-state index contributed by atoms with van der Waals surface area (Å²) in [5.41, 5.74) is 2.09. The monoisotopic (exact) mass is 426 g/mol. The molecule has 1 saturated heterocycles. The van der Waals surface area contributed by atoms with Gasteiger partial charge in [0.25, 0.3) is 5.92 Å². The van der Waals surface area contributed by atoms with Gasteiger partial charge in [0.15, 0.2) is 0 Å². The van der Waals surface area contributed by atoms with E-state index < -0.39 is 11.6 Å². The highest BCUT2D eigenvalue weighted by Crippen LogP contribution is 2.33. The molecule has 158 valence electrons. The molecule has 1 aromatic carbocycles. The Morgan fingerprint density at radius 3 is 2.45 bits per heavy atom. The lowest BCUT2D eigenvalue weighted by Gasteiger charge is -2.37. The SMILES string of the molecule is COc1ccc(C)c(N2CCN(C(=O)Cn3nc(C(C)(F)F)c(Cl)c3C)CC2)c1. The van der Waals surface area contributed by atoms with Gasteiger partial charge in [-0.3, -0.25) is 9.48 Å². The van der Waals surface area contributed by atoms with Crippen molar-refractivity contribution in [2.45, 2.75) is 33.2 Å². The van der Waals surface area contributed by atoms with E-state index in [4.69, 9.17) is 16.3 Å². The van der Waals surface area contributed by atoms with E-state index in [1.54, 1.807) is 18.9 Å². The lowest BCUT2D eigenvalue weighted by Crippen LogP contribution is -2.49. The maximum absolute atomic E-state index is 13.6. The maximum Gasteiger partial charge on any atom is 0.290 e. The molecule has 0 saturated carbocycles. The molecule has 29 heavy (non-hydrogen) atoms. The van der Waals surface area contributed by atoms with Crippen LogP contribution in [-0.4, -0.2) is 53.9 Å². The van der Waals surface area contributed by atoms with Gasteiger partial charge in [-0.1, -0.05) is 17.7 Å². The molecule has 1 amide bonds. The average molecular weight is 427 g/mol. The highest BCUT2D eigenvalue weighted by Gasteiger charge is 2.33. The molecular weight excluding hydrogens is 402 g/mol. The van der Waals surface area contributed by atoms with Crippen molar-refractivity contribution in [2.75, 3.05) is 38.2 Å². The van der Waals surface area contributed by atoms with Crippen molar-refractivity contribution in [2.24, 2.45) is 0 Å². The molecule has 3 rings (SSSR count). The first-order valence-corrected chi connectivity index (χ1v) is 9.78. The van der Waals surface area contributed by atoms with Crippen molar-refractivity contribution in [1.82, 2.24) is 14.7 Å². The van der Waals surface area contributed by atoms with Crippen LogP contribution in [0.4, 0.5) is 14.5 Å². The van der Waals surface area contributed by atoms with Gasteiger partial charge in [-0.25, -0.2) is 0 Å². The van der Waals surface area contributed by atoms with Gasteiger partial charge in [0.05, 0.1) is 17.8 Å². The van der Waals surface area contributed by atoms with Gasteiger partial charge >= 0.3 is 0 Å². The number of alkyl halides is 2. The lowest BCUT2D eigenvalue weighted by molar-refractivity contribution is -0.132. The lowest BCUT2D eigenvalue weighted by atomic mass is 10.1. The van der Waals surface area contributed by atoms with E-state index >= 15 is 0 Å². The number of carbonyl (C=O) groups is 1. The van der Waals surface area contributed by atoms with Crippen LogP contribution >= 0.6 is 11.6 Å². The zero-order valence-electron chi connectivity index (χ0n) is 17.0. The molecule has 0 unspecified atom stereocenters. The second-order valence-electron chi connectivity index (χ2n) is 7.31. The number of amides is 1. The Hall–Kier alpha value is -2.35. The number of hydrogen-bond donors (Lipinski definition) is 0. The first-order valence-electron chi connectivity index (χ1n) is 9.40. The maximum atomic E-state index is 13.6. The number of hydrogen-bond acceptors (Lipinski definition) is 4. The Balaban J connectivity index is 1.66. The van der Waals surface area contributed by atoms with Gasteiger partial charge in [0.1, 0.15) is 18.0 Å². The van der Waals surface area contributed by atoms with E-state index in [9.17, 15) is 13.6 Å². The van der Waals surface area contributed by atoms with Gasteiger partial charge in [0.2, 0.25) is 5.91 Å². The first-order chi connectivity index (χ1) is 13.6. The minimum atomic E-state index is -3.16. The summed E-state index contributed by atoms with van der Waals surface area (Å²) in [5.74, 6) is -2.53. The number of aryl methyl sites for hydroxylation is 1. The molecule has 6 nitrogen and oxygen atoms in total. The number of carbonyl (C=O) groups excluding carboxylic acids is 1. The van der Waals surface area contributed by atoms with Gasteiger partial charge in [-0.05, 0) is 25.5 Å². The van der Waals surface area contributed by atoms with Crippen molar-refractivity contribution in [3.05, 3.63) is 40.2 Å². The normalized spacial score (nSPS) is 15.0. The van der Waals surface area contributed by atoms with Crippen molar-refractivity contribution in [3.8, 4) is 5.75 Å². The van der Waals surface area contributed by atoms with Crippen molar-refractivity contribution >= 4 is 23.2 Å². The number of ether oxygens (including phenoxy) is 1. The summed E-state index contributed by atoms with van der Waals surface area (Å²) in [6.45, 7) is 6.69. The Labute approximate surface area is 174 Å². The fraction of sp³-hybridized carbons (Fsp3) is 0.500. The van der Waals surface area contributed by atoms with E-state index in [-0.39, 0.29) is 17.5 Å². The molecule has 9 heteroatoms. The molecule has 0 bridgehead atoms. The molecular formula is C20H25ClF2N4O2. The molecule has 1 aliphatic rings. The van der Waals surface area contributed by atoms with E-state index in [0.29, 0.717) is 31.9 Å². The van der Waals surface area contributed by atoms with Gasteiger partial charge in [0, 0.05) is 44.9 Å². The summed E-state index contributed by atoms with van der Waals surface area (Å²) in [7, 11) is 1.63. The third-order valence-electron chi connectivity index (χ3n) is 5.22. The summed E-state index contributed by atoms with van der Waals surface area (Å²) in [5, 5.41) is 3.78. The number of methoxy groups -OCH3 is 1. The molecule has 2 aromatic rings. The van der Waals surface area contributed by atoms with Crippen LogP contribution in [0.1, 0.15) is 23.9 Å². The Bertz CT molecular complexity index is 903. The highest BCUT2D eigenvalue weighted by atomic mass is 35.5. The standard InChI is InChI=1S/C20H25ClF2N4O2/c1-13-5-6-15(29-4)11-16(13)25-7-9-26(10-8-25)17(28)12-27-14(2)18(21)19(24-27)20(3,22)23/h5-6,11H,7-10,12H2,1-4H3. The quantitative estimate of drug-likeness (QED) is 0.732. The zero-order valence-corrected chi connectivity index (χ0v) is 17.8. The van der Waals surface area contributed by atoms with E-state index in [2.05, 4.69) is 10.00 Å². The van der Waals surface area contributed by atoms with Crippen molar-refractivity contribution in [3.63, 3.8) is 0 Å². The Morgan fingerprint density at radius 2 is 1.90 bits per heavy atom. The number of benzene rings is 1. The third kappa shape index (κ3) is 4.47. The molecule has 0 atom stereocenters. The van der Waals surface area contributed by atoms with Crippen LogP contribution in [0.15, 0.2) is 18.2 Å². The first kappa shape index (κ1) is 21.4. The second kappa shape index (κ2) is 8.18. The average Bonchev–Trinajstić information content (AvgIpc) is 2.97. The molecule has 0 N–H and O–H groups in total. The van der Waals surface area contributed by atoms with Crippen LogP contribution in [-0.2, 0) is 17.3 Å². The second-order valence-corrected chi connectivity index (χ2v) is 7.69. The number of anilines is 1. The third-order valence-corrected chi connectivity index (χ3v) is 5.68. The largest absolute Gasteiger partial charge is 0.497 e. The van der Waals surface area contributed by atoms with E-state index in [1.807, 2.05) is 25.1 Å². The van der Waals surface area contributed by atoms with Crippen LogP contribution in [0.2, 0.25) is 5.02 Å². The number of rotatable bonds is 5. The highest BCUT2D eigenvalue weighted by molar-refractivity contribution is 6.32. The van der Waals surface area contributed by atoms with Crippen molar-refractivity contribution in [1.29, 1.82) is 0 Å². The molecule has 0 radical (unpaired) electrons. The molecule has 1 aliphatic heterocycles. The minimum absolute atomic E-state index is 0.0939. The molecule has 0 aliphatic carbocycles. The van der Waals surface area contributed by atoms with Crippen LogP contribution in [0.25, 0.3) is 0 Å². The van der Waals surface area contributed by atoms with Gasteiger partial charge in [-0.15, -0.1) is 0 Å². The van der Waals surface area contributed by atoms with Crippen LogP contribution in [0.3, 0.4) is 0 Å². The summed E-state index contributed by atoms with van der Waals surface area (Å²) >= 11 is 5.99. The molecule has 2 heterocycles. The topological polar surface area (TPSA) is 50.6 Å². The van der Waals surface area contributed by atoms with Gasteiger partial charge in [-0.2, -0.15) is 13.9 Å². The van der Waals surface area contributed by atoms with Crippen LogP contribution in [0, 0.1) is 13.8 Å². The van der Waals surface area contributed by atoms with Crippen molar-refractivity contribution < 1.29 is 18.3 Å². The predicted octanol–water partition coefficient (Wildman–Crippen LogP) is 3.62. The summed E-state index contributed by atoms with van der Waals surface area (Å²) in [6, 6.07) is 5.93. The van der Waals surface area contributed by atoms with Crippen LogP contribution in [0.5, 0.6) is 5.75 Å². The zero-order chi connectivity index (χ0) is 21.3.